The van der Waals surface area contributed by atoms with Crippen molar-refractivity contribution >= 4 is 23.3 Å². The van der Waals surface area contributed by atoms with Crippen LogP contribution in [-0.4, -0.2) is 34.9 Å². The quantitative estimate of drug-likeness (QED) is 0.444. The zero-order chi connectivity index (χ0) is 20.0. The largest absolute Gasteiger partial charge is 0.467 e. The molecule has 10 nitrogen and oxygen atoms in total. The van der Waals surface area contributed by atoms with Gasteiger partial charge in [-0.25, -0.2) is 4.79 Å². The van der Waals surface area contributed by atoms with E-state index in [1.54, 1.807) is 0 Å². The van der Waals surface area contributed by atoms with Gasteiger partial charge in [0.15, 0.2) is 0 Å². The maximum Gasteiger partial charge on any atom is 0.328 e. The van der Waals surface area contributed by atoms with Crippen LogP contribution in [0.3, 0.4) is 0 Å². The first-order valence-corrected chi connectivity index (χ1v) is 7.68. The lowest BCUT2D eigenvalue weighted by Crippen LogP contribution is -2.43. The molecule has 0 saturated carbocycles. The summed E-state index contributed by atoms with van der Waals surface area (Å²) in [7, 11) is 1.16. The van der Waals surface area contributed by atoms with Crippen molar-refractivity contribution in [3.8, 4) is 0 Å². The smallest absolute Gasteiger partial charge is 0.328 e. The Hall–Kier alpha value is -3.82. The summed E-state index contributed by atoms with van der Waals surface area (Å²) in [6.07, 6.45) is 0.0331. The Bertz CT molecular complexity index is 880. The van der Waals surface area contributed by atoms with E-state index < -0.39 is 27.8 Å². The number of methoxy groups -OCH3 is 1. The molecule has 2 aromatic carbocycles. The number of nitrogens with one attached hydrogen (secondary N) is 1. The normalized spacial score (nSPS) is 11.3. The second kappa shape index (κ2) is 8.52. The number of nitro groups is 2. The van der Waals surface area contributed by atoms with Gasteiger partial charge in [-0.2, -0.15) is 0 Å². The fraction of sp³-hybridized carbons (Fsp3) is 0.176. The average molecular weight is 373 g/mol. The molecule has 0 spiro atoms. The second-order valence-electron chi connectivity index (χ2n) is 5.48. The van der Waals surface area contributed by atoms with Gasteiger partial charge in [0.25, 0.3) is 17.3 Å². The van der Waals surface area contributed by atoms with Crippen molar-refractivity contribution in [2.24, 2.45) is 0 Å². The van der Waals surface area contributed by atoms with Crippen molar-refractivity contribution in [1.82, 2.24) is 5.32 Å². The molecule has 0 heterocycles. The highest BCUT2D eigenvalue weighted by Gasteiger charge is 2.23. The molecular weight excluding hydrogens is 358 g/mol. The molecule has 0 aliphatic carbocycles. The summed E-state index contributed by atoms with van der Waals surface area (Å²) in [6, 6.07) is 9.50. The third-order valence-corrected chi connectivity index (χ3v) is 3.70. The Morgan fingerprint density at radius 2 is 1.67 bits per heavy atom. The maximum absolute atomic E-state index is 12.4. The monoisotopic (exact) mass is 373 g/mol. The highest BCUT2D eigenvalue weighted by Crippen LogP contribution is 2.15. The minimum atomic E-state index is -1.07. The molecule has 1 atom stereocenters. The van der Waals surface area contributed by atoms with Crippen molar-refractivity contribution in [1.29, 1.82) is 0 Å². The van der Waals surface area contributed by atoms with Crippen LogP contribution >= 0.6 is 0 Å². The fourth-order valence-corrected chi connectivity index (χ4v) is 2.33. The van der Waals surface area contributed by atoms with Crippen molar-refractivity contribution in [3.05, 3.63) is 79.9 Å². The summed E-state index contributed by atoms with van der Waals surface area (Å²) < 4.78 is 4.68. The predicted octanol–water partition coefficient (Wildman–Crippen LogP) is 2.02. The molecule has 0 aliphatic heterocycles. The number of nitro benzene ring substituents is 2. The van der Waals surface area contributed by atoms with Gasteiger partial charge < -0.3 is 10.1 Å². The molecule has 140 valence electrons. The molecule has 27 heavy (non-hydrogen) atoms. The van der Waals surface area contributed by atoms with Gasteiger partial charge in [0, 0.05) is 36.2 Å². The first-order chi connectivity index (χ1) is 12.8. The van der Waals surface area contributed by atoms with Crippen molar-refractivity contribution in [3.63, 3.8) is 0 Å². The Labute approximate surface area is 153 Å². The highest BCUT2D eigenvalue weighted by atomic mass is 16.6. The number of hydrogen-bond acceptors (Lipinski definition) is 7. The van der Waals surface area contributed by atoms with Gasteiger partial charge >= 0.3 is 5.97 Å². The van der Waals surface area contributed by atoms with Crippen molar-refractivity contribution in [2.75, 3.05) is 7.11 Å². The van der Waals surface area contributed by atoms with E-state index in [9.17, 15) is 29.8 Å². The van der Waals surface area contributed by atoms with E-state index in [4.69, 9.17) is 0 Å². The van der Waals surface area contributed by atoms with Crippen LogP contribution in [0.2, 0.25) is 0 Å². The number of carbonyl (C=O) groups excluding carboxylic acids is 2. The summed E-state index contributed by atoms with van der Waals surface area (Å²) in [5.74, 6) is -1.40. The molecule has 0 aliphatic rings. The summed E-state index contributed by atoms with van der Waals surface area (Å²) in [4.78, 5) is 44.7. The lowest BCUT2D eigenvalue weighted by Gasteiger charge is -2.16. The van der Waals surface area contributed by atoms with Crippen LogP contribution in [0.5, 0.6) is 0 Å². The third-order valence-electron chi connectivity index (χ3n) is 3.70. The van der Waals surface area contributed by atoms with Gasteiger partial charge in [0.1, 0.15) is 6.04 Å². The van der Waals surface area contributed by atoms with Crippen LogP contribution in [0.25, 0.3) is 0 Å². The number of esters is 1. The predicted molar refractivity (Wildman–Crippen MR) is 93.2 cm³/mol. The van der Waals surface area contributed by atoms with E-state index in [1.165, 1.54) is 42.5 Å². The fourth-order valence-electron chi connectivity index (χ4n) is 2.33. The van der Waals surface area contributed by atoms with Gasteiger partial charge in [-0.05, 0) is 11.6 Å². The molecule has 0 bridgehead atoms. The van der Waals surface area contributed by atoms with Crippen LogP contribution in [0.4, 0.5) is 11.4 Å². The van der Waals surface area contributed by atoms with Crippen LogP contribution in [0.1, 0.15) is 15.9 Å². The maximum atomic E-state index is 12.4. The minimum absolute atomic E-state index is 0.0156. The van der Waals surface area contributed by atoms with E-state index in [0.717, 1.165) is 13.2 Å². The van der Waals surface area contributed by atoms with Crippen LogP contribution < -0.4 is 5.32 Å². The summed E-state index contributed by atoms with van der Waals surface area (Å²) >= 11 is 0. The summed E-state index contributed by atoms with van der Waals surface area (Å²) in [5.41, 5.74) is 0.221. The van der Waals surface area contributed by atoms with Crippen molar-refractivity contribution in [2.45, 2.75) is 12.5 Å². The molecule has 0 saturated heterocycles. The van der Waals surface area contributed by atoms with Crippen molar-refractivity contribution < 1.29 is 24.2 Å². The minimum Gasteiger partial charge on any atom is -0.467 e. The standard InChI is InChI=1S/C17H15N3O7/c1-27-17(22)15(9-11-5-7-13(8-6-11)19(23)24)18-16(21)12-3-2-4-14(10-12)20(25)26/h2-8,10,15H,9H2,1H3,(H,18,21)/t15-/m0/s1. The number of benzene rings is 2. The number of amides is 1. The lowest BCUT2D eigenvalue weighted by atomic mass is 10.0. The van der Waals surface area contributed by atoms with Crippen LogP contribution in [-0.2, 0) is 16.0 Å². The van der Waals surface area contributed by atoms with E-state index >= 15 is 0 Å². The second-order valence-corrected chi connectivity index (χ2v) is 5.48. The average Bonchev–Trinajstić information content (AvgIpc) is 2.67. The van der Waals surface area contributed by atoms with E-state index in [2.05, 4.69) is 10.1 Å². The Balaban J connectivity index is 2.17. The zero-order valence-corrected chi connectivity index (χ0v) is 14.2. The molecule has 1 N–H and O–H groups in total. The van der Waals surface area contributed by atoms with Gasteiger partial charge in [0.05, 0.1) is 17.0 Å². The number of ether oxygens (including phenoxy) is 1. The Morgan fingerprint density at radius 1 is 1.04 bits per heavy atom. The van der Waals surface area contributed by atoms with E-state index in [1.807, 2.05) is 0 Å². The molecular formula is C17H15N3O7. The molecule has 2 aromatic rings. The first kappa shape index (κ1) is 19.5. The van der Waals surface area contributed by atoms with Gasteiger partial charge in [-0.3, -0.25) is 25.0 Å². The molecule has 0 aromatic heterocycles. The lowest BCUT2D eigenvalue weighted by molar-refractivity contribution is -0.385. The number of carbonyl (C=O) groups is 2. The third kappa shape index (κ3) is 5.08. The van der Waals surface area contributed by atoms with E-state index in [-0.39, 0.29) is 23.4 Å². The number of non-ortho nitro benzene ring substituents is 2. The molecule has 2 rings (SSSR count). The first-order valence-electron chi connectivity index (χ1n) is 7.68. The Morgan fingerprint density at radius 3 is 2.22 bits per heavy atom. The molecule has 0 unspecified atom stereocenters. The van der Waals surface area contributed by atoms with Gasteiger partial charge in [-0.1, -0.05) is 18.2 Å². The molecule has 10 heteroatoms. The summed E-state index contributed by atoms with van der Waals surface area (Å²) in [5, 5.41) is 24.0. The number of rotatable bonds is 7. The molecule has 0 radical (unpaired) electrons. The Kier molecular flexibility index (Phi) is 6.15. The SMILES string of the molecule is COC(=O)[C@H](Cc1ccc([N+](=O)[O-])cc1)NC(=O)c1cccc([N+](=O)[O-])c1. The topological polar surface area (TPSA) is 142 Å². The summed E-state index contributed by atoms with van der Waals surface area (Å²) in [6.45, 7) is 0. The number of hydrogen-bond donors (Lipinski definition) is 1. The molecule has 1 amide bonds. The van der Waals surface area contributed by atoms with Crippen LogP contribution in [0, 0.1) is 20.2 Å². The van der Waals surface area contributed by atoms with E-state index in [0.29, 0.717) is 5.56 Å². The van der Waals surface area contributed by atoms with Crippen LogP contribution in [0.15, 0.2) is 48.5 Å². The zero-order valence-electron chi connectivity index (χ0n) is 14.2. The van der Waals surface area contributed by atoms with Gasteiger partial charge in [-0.15, -0.1) is 0 Å². The van der Waals surface area contributed by atoms with Gasteiger partial charge in [0.2, 0.25) is 0 Å². The molecule has 0 fully saturated rings. The number of nitrogens with zero attached hydrogens (tertiary/aromatic N) is 2. The highest BCUT2D eigenvalue weighted by molar-refractivity contribution is 5.97.